The number of hydrogen-bond acceptors (Lipinski definition) is 7. The van der Waals surface area contributed by atoms with Crippen LogP contribution in [0.5, 0.6) is 0 Å². The number of rotatable bonds is 24. The van der Waals surface area contributed by atoms with E-state index in [4.69, 9.17) is 20.4 Å². The molecule has 0 bridgehead atoms. The summed E-state index contributed by atoms with van der Waals surface area (Å²) in [5, 5.41) is 35.2. The number of aliphatic carboxylic acids is 1. The molecule has 0 aromatic rings. The Bertz CT molecular complexity index is 505. The molecule has 4 unspecified atom stereocenters. The first-order chi connectivity index (χ1) is 17.6. The Morgan fingerprint density at radius 2 is 1.06 bits per heavy atom. The normalized spacial score (nSPS) is 22.4. The van der Waals surface area contributed by atoms with Crippen molar-refractivity contribution in [3.8, 4) is 0 Å². The minimum atomic E-state index is -0.653. The van der Waals surface area contributed by atoms with Gasteiger partial charge in [-0.1, -0.05) is 96.8 Å². The van der Waals surface area contributed by atoms with E-state index in [1.807, 2.05) is 0 Å². The van der Waals surface area contributed by atoms with Gasteiger partial charge in [0.15, 0.2) is 0 Å². The van der Waals surface area contributed by atoms with Crippen molar-refractivity contribution in [3.05, 3.63) is 0 Å². The average molecular weight is 516 g/mol. The Kier molecular flexibility index (Phi) is 20.5. The van der Waals surface area contributed by atoms with Gasteiger partial charge in [0.1, 0.15) is 0 Å². The molecule has 0 spiro atoms. The summed E-state index contributed by atoms with van der Waals surface area (Å²) in [5.74, 6) is -0.653. The summed E-state index contributed by atoms with van der Waals surface area (Å²) in [7, 11) is 0. The molecule has 0 radical (unpaired) electrons. The zero-order valence-electron chi connectivity index (χ0n) is 23.2. The lowest BCUT2D eigenvalue weighted by molar-refractivity contribution is -0.137. The summed E-state index contributed by atoms with van der Waals surface area (Å²) in [4.78, 5) is 17.0. The Morgan fingerprint density at radius 1 is 0.667 bits per heavy atom. The van der Waals surface area contributed by atoms with Gasteiger partial charge < -0.3 is 20.4 Å². The van der Waals surface area contributed by atoms with E-state index in [-0.39, 0.29) is 19.8 Å². The molecule has 0 aromatic carbocycles. The number of hydrogen-bond donors (Lipinski definition) is 4. The van der Waals surface area contributed by atoms with Gasteiger partial charge in [-0.25, -0.2) is 0 Å². The first-order valence-corrected chi connectivity index (χ1v) is 14.9. The molecule has 0 aliphatic carbocycles. The summed E-state index contributed by atoms with van der Waals surface area (Å²) in [5.41, 5.74) is 0. The Balaban J connectivity index is 0.000000367. The maximum Gasteiger partial charge on any atom is 0.303 e. The van der Waals surface area contributed by atoms with Crippen LogP contribution in [-0.4, -0.2) is 106 Å². The van der Waals surface area contributed by atoms with Crippen LogP contribution in [0.4, 0.5) is 0 Å². The third-order valence-electron chi connectivity index (χ3n) is 7.26. The van der Waals surface area contributed by atoms with Gasteiger partial charge in [-0.05, 0) is 6.42 Å². The molecule has 2 fully saturated rings. The molecule has 2 heterocycles. The third-order valence-corrected chi connectivity index (χ3v) is 7.26. The van der Waals surface area contributed by atoms with Crippen molar-refractivity contribution < 1.29 is 25.2 Å². The van der Waals surface area contributed by atoms with E-state index < -0.39 is 5.97 Å². The van der Waals surface area contributed by atoms with Crippen LogP contribution < -0.4 is 0 Å². The quantitative estimate of drug-likeness (QED) is 0.113. The minimum absolute atomic E-state index is 0.160. The van der Waals surface area contributed by atoms with E-state index >= 15 is 0 Å². The molecule has 0 aromatic heterocycles. The minimum Gasteiger partial charge on any atom is -0.481 e. The van der Waals surface area contributed by atoms with Crippen molar-refractivity contribution in [3.63, 3.8) is 0 Å². The standard InChI is InChI=1S/C18H36O2.C10H21N3O3/c1-2-3-4-5-6-7-8-9-10-11-12-13-14-15-16-17-18(19)20;14-4-1-11-7-9(11)13(3-6-16)10-8-12(10)2-5-15/h2-17H2,1H3,(H,19,20);9-10,14-16H,1-8H2. The van der Waals surface area contributed by atoms with Crippen molar-refractivity contribution in [2.75, 3.05) is 52.5 Å². The summed E-state index contributed by atoms with van der Waals surface area (Å²) in [6.07, 6.45) is 20.9. The predicted octanol–water partition coefficient (Wildman–Crippen LogP) is 3.88. The molecule has 4 atom stereocenters. The number of β-amino-alcohol motifs (C(OH)–C–C–N with tert-alkyl or cyclic N) is 2. The number of unbranched alkanes of at least 4 members (excludes halogenated alkanes) is 14. The van der Waals surface area contributed by atoms with E-state index in [0.717, 1.165) is 25.9 Å². The zero-order valence-corrected chi connectivity index (χ0v) is 23.2. The zero-order chi connectivity index (χ0) is 26.4. The van der Waals surface area contributed by atoms with Crippen LogP contribution in [0.3, 0.4) is 0 Å². The average Bonchev–Trinajstić information content (AvgIpc) is 3.78. The molecule has 4 N–H and O–H groups in total. The highest BCUT2D eigenvalue weighted by molar-refractivity contribution is 5.66. The van der Waals surface area contributed by atoms with Gasteiger partial charge >= 0.3 is 5.97 Å². The molecule has 0 amide bonds. The van der Waals surface area contributed by atoms with Crippen LogP contribution in [0.1, 0.15) is 110 Å². The number of nitrogens with zero attached hydrogens (tertiary/aromatic N) is 3. The van der Waals surface area contributed by atoms with E-state index in [1.54, 1.807) is 0 Å². The molecule has 36 heavy (non-hydrogen) atoms. The monoisotopic (exact) mass is 515 g/mol. The predicted molar refractivity (Wildman–Crippen MR) is 146 cm³/mol. The molecular formula is C28H57N3O5. The van der Waals surface area contributed by atoms with Crippen molar-refractivity contribution in [1.29, 1.82) is 0 Å². The number of carboxylic acids is 1. The van der Waals surface area contributed by atoms with E-state index in [0.29, 0.717) is 38.4 Å². The van der Waals surface area contributed by atoms with Gasteiger partial charge in [0.2, 0.25) is 0 Å². The molecule has 8 heteroatoms. The Hall–Kier alpha value is -0.770. The van der Waals surface area contributed by atoms with Crippen molar-refractivity contribution in [2.24, 2.45) is 0 Å². The molecular weight excluding hydrogens is 458 g/mol. The molecule has 8 nitrogen and oxygen atoms in total. The lowest BCUT2D eigenvalue weighted by atomic mass is 10.0. The largest absolute Gasteiger partial charge is 0.481 e. The highest BCUT2D eigenvalue weighted by Gasteiger charge is 2.48. The van der Waals surface area contributed by atoms with Crippen LogP contribution in [0.2, 0.25) is 0 Å². The van der Waals surface area contributed by atoms with Crippen molar-refractivity contribution in [2.45, 2.75) is 122 Å². The smallest absolute Gasteiger partial charge is 0.303 e. The summed E-state index contributed by atoms with van der Waals surface area (Å²) in [6.45, 7) is 6.84. The fourth-order valence-electron chi connectivity index (χ4n) is 4.95. The molecule has 2 saturated heterocycles. The van der Waals surface area contributed by atoms with Gasteiger partial charge in [0, 0.05) is 39.1 Å². The van der Waals surface area contributed by atoms with Crippen LogP contribution in [0.25, 0.3) is 0 Å². The molecule has 2 aliphatic rings. The van der Waals surface area contributed by atoms with Crippen LogP contribution in [0.15, 0.2) is 0 Å². The first kappa shape index (κ1) is 33.3. The maximum atomic E-state index is 10.3. The topological polar surface area (TPSA) is 107 Å². The maximum absolute atomic E-state index is 10.3. The molecule has 2 rings (SSSR count). The Labute approximate surface area is 220 Å². The molecule has 214 valence electrons. The fraction of sp³-hybridized carbons (Fsp3) is 0.964. The highest BCUT2D eigenvalue weighted by Crippen LogP contribution is 2.30. The van der Waals surface area contributed by atoms with Gasteiger partial charge in [0.05, 0.1) is 32.2 Å². The summed E-state index contributed by atoms with van der Waals surface area (Å²) < 4.78 is 0. The number of aliphatic hydroxyl groups excluding tert-OH is 3. The lowest BCUT2D eigenvalue weighted by Gasteiger charge is -2.21. The second kappa shape index (κ2) is 22.2. The van der Waals surface area contributed by atoms with Gasteiger partial charge in [-0.15, -0.1) is 0 Å². The lowest BCUT2D eigenvalue weighted by Crippen LogP contribution is -2.37. The second-order valence-electron chi connectivity index (χ2n) is 10.5. The molecule has 2 aliphatic heterocycles. The SMILES string of the molecule is CCCCCCCCCCCCCCCCCC(=O)O.OCCN1CC1N(CCO)C1CN1CCO. The van der Waals surface area contributed by atoms with Crippen LogP contribution >= 0.6 is 0 Å². The van der Waals surface area contributed by atoms with Crippen LogP contribution in [-0.2, 0) is 4.79 Å². The third kappa shape index (κ3) is 16.9. The van der Waals surface area contributed by atoms with Crippen molar-refractivity contribution in [1.82, 2.24) is 14.7 Å². The highest BCUT2D eigenvalue weighted by atomic mass is 16.4. The fourth-order valence-corrected chi connectivity index (χ4v) is 4.95. The van der Waals surface area contributed by atoms with Gasteiger partial charge in [-0.2, -0.15) is 0 Å². The first-order valence-electron chi connectivity index (χ1n) is 14.9. The van der Waals surface area contributed by atoms with Gasteiger partial charge in [0.25, 0.3) is 0 Å². The number of aliphatic hydroxyl groups is 3. The van der Waals surface area contributed by atoms with Crippen LogP contribution in [0, 0.1) is 0 Å². The summed E-state index contributed by atoms with van der Waals surface area (Å²) >= 11 is 0. The number of carboxylic acid groups (broad SMARTS) is 1. The van der Waals surface area contributed by atoms with E-state index in [2.05, 4.69) is 21.6 Å². The number of carbonyl (C=O) groups is 1. The second-order valence-corrected chi connectivity index (χ2v) is 10.5. The summed E-state index contributed by atoms with van der Waals surface area (Å²) in [6, 6.07) is 0. The molecule has 0 saturated carbocycles. The van der Waals surface area contributed by atoms with E-state index in [1.165, 1.54) is 83.5 Å². The van der Waals surface area contributed by atoms with E-state index in [9.17, 15) is 4.79 Å². The van der Waals surface area contributed by atoms with Crippen molar-refractivity contribution >= 4 is 5.97 Å². The Morgan fingerprint density at radius 3 is 1.39 bits per heavy atom. The van der Waals surface area contributed by atoms with Gasteiger partial charge in [-0.3, -0.25) is 19.5 Å².